The van der Waals surface area contributed by atoms with E-state index in [9.17, 15) is 14.7 Å². The number of carbonyl (C=O) groups excluding carboxylic acids is 2. The Labute approximate surface area is 162 Å². The Balaban J connectivity index is 1.69. The lowest BCUT2D eigenvalue weighted by molar-refractivity contribution is -0.206. The monoisotopic (exact) mass is 374 g/mol. The standard InChI is InChI=1S/C23H34O4/c1-14(24)23(27-15(2)25)12-9-20-18-6-5-16-13-17(26)7-10-21(16,3)19(18)8-11-22(20,23)4/h13-14,18-20,24H,5-12H2,1-4H3/t14-,18+,19+,20-,21+,22-,23-/m0/s1. The molecule has 7 atom stereocenters. The molecule has 150 valence electrons. The van der Waals surface area contributed by atoms with E-state index in [0.717, 1.165) is 44.9 Å². The quantitative estimate of drug-likeness (QED) is 0.736. The van der Waals surface area contributed by atoms with Crippen LogP contribution in [0.25, 0.3) is 0 Å². The van der Waals surface area contributed by atoms with Crippen LogP contribution in [0.4, 0.5) is 0 Å². The Morgan fingerprint density at radius 2 is 1.85 bits per heavy atom. The third kappa shape index (κ3) is 2.51. The van der Waals surface area contributed by atoms with Gasteiger partial charge in [-0.25, -0.2) is 0 Å². The molecule has 4 aliphatic rings. The summed E-state index contributed by atoms with van der Waals surface area (Å²) >= 11 is 0. The molecule has 4 rings (SSSR count). The first-order valence-corrected chi connectivity index (χ1v) is 10.8. The van der Waals surface area contributed by atoms with Crippen LogP contribution in [-0.4, -0.2) is 28.6 Å². The van der Waals surface area contributed by atoms with Crippen molar-refractivity contribution >= 4 is 11.8 Å². The Kier molecular flexibility index (Phi) is 4.38. The zero-order valence-electron chi connectivity index (χ0n) is 17.2. The zero-order valence-corrected chi connectivity index (χ0v) is 17.2. The van der Waals surface area contributed by atoms with Crippen molar-refractivity contribution in [3.8, 4) is 0 Å². The lowest BCUT2D eigenvalue weighted by Gasteiger charge is -2.59. The van der Waals surface area contributed by atoms with Gasteiger partial charge >= 0.3 is 5.97 Å². The van der Waals surface area contributed by atoms with E-state index < -0.39 is 11.7 Å². The molecular weight excluding hydrogens is 340 g/mol. The van der Waals surface area contributed by atoms with Crippen LogP contribution in [0.2, 0.25) is 0 Å². The maximum absolute atomic E-state index is 12.0. The lowest BCUT2D eigenvalue weighted by Crippen LogP contribution is -2.59. The molecule has 4 nitrogen and oxygen atoms in total. The zero-order chi connectivity index (χ0) is 19.6. The van der Waals surface area contributed by atoms with E-state index in [1.165, 1.54) is 12.5 Å². The van der Waals surface area contributed by atoms with Crippen molar-refractivity contribution in [3.63, 3.8) is 0 Å². The van der Waals surface area contributed by atoms with E-state index in [-0.39, 0.29) is 16.8 Å². The number of esters is 1. The highest BCUT2D eigenvalue weighted by molar-refractivity contribution is 5.91. The van der Waals surface area contributed by atoms with Crippen molar-refractivity contribution in [2.75, 3.05) is 0 Å². The predicted octanol–water partition coefficient (Wildman–Crippen LogP) is 4.20. The Bertz CT molecular complexity index is 694. The van der Waals surface area contributed by atoms with Gasteiger partial charge in [-0.3, -0.25) is 9.59 Å². The molecule has 0 unspecified atom stereocenters. The number of ketones is 1. The van der Waals surface area contributed by atoms with E-state index in [2.05, 4.69) is 13.8 Å². The number of aliphatic hydroxyl groups is 1. The predicted molar refractivity (Wildman–Crippen MR) is 103 cm³/mol. The molecule has 0 saturated heterocycles. The van der Waals surface area contributed by atoms with Gasteiger partial charge in [-0.2, -0.15) is 0 Å². The first kappa shape index (κ1) is 19.2. The second-order valence-electron chi connectivity index (χ2n) is 10.1. The number of hydrogen-bond donors (Lipinski definition) is 1. The van der Waals surface area contributed by atoms with Crippen LogP contribution in [0.5, 0.6) is 0 Å². The highest BCUT2D eigenvalue weighted by Gasteiger charge is 2.67. The summed E-state index contributed by atoms with van der Waals surface area (Å²) in [6.07, 6.45) is 8.93. The summed E-state index contributed by atoms with van der Waals surface area (Å²) in [4.78, 5) is 23.9. The Morgan fingerprint density at radius 3 is 2.52 bits per heavy atom. The average Bonchev–Trinajstić information content (AvgIpc) is 2.89. The fourth-order valence-electron chi connectivity index (χ4n) is 7.79. The number of rotatable bonds is 2. The molecule has 0 bridgehead atoms. The van der Waals surface area contributed by atoms with E-state index in [1.54, 1.807) is 6.92 Å². The third-order valence-corrected chi connectivity index (χ3v) is 9.15. The molecule has 0 aromatic carbocycles. The van der Waals surface area contributed by atoms with Crippen molar-refractivity contribution in [2.45, 2.75) is 90.8 Å². The minimum absolute atomic E-state index is 0.148. The van der Waals surface area contributed by atoms with Crippen molar-refractivity contribution < 1.29 is 19.4 Å². The summed E-state index contributed by atoms with van der Waals surface area (Å²) in [5, 5.41) is 10.7. The summed E-state index contributed by atoms with van der Waals surface area (Å²) in [5.74, 6) is 1.68. The van der Waals surface area contributed by atoms with Crippen LogP contribution < -0.4 is 0 Å². The van der Waals surface area contributed by atoms with Gasteiger partial charge in [-0.05, 0) is 81.1 Å². The van der Waals surface area contributed by atoms with Gasteiger partial charge in [0, 0.05) is 18.8 Å². The van der Waals surface area contributed by atoms with Crippen LogP contribution in [0, 0.1) is 28.6 Å². The second-order valence-corrected chi connectivity index (χ2v) is 10.1. The van der Waals surface area contributed by atoms with E-state index in [4.69, 9.17) is 4.74 Å². The number of aliphatic hydroxyl groups excluding tert-OH is 1. The van der Waals surface area contributed by atoms with Crippen molar-refractivity contribution in [1.29, 1.82) is 0 Å². The molecule has 3 fully saturated rings. The second kappa shape index (κ2) is 6.17. The van der Waals surface area contributed by atoms with Gasteiger partial charge in [0.15, 0.2) is 5.78 Å². The van der Waals surface area contributed by atoms with Gasteiger partial charge in [0.2, 0.25) is 0 Å². The van der Waals surface area contributed by atoms with Crippen molar-refractivity contribution in [2.24, 2.45) is 28.6 Å². The SMILES string of the molecule is CC(=O)O[C@]1([C@H](C)O)CC[C@H]2[C@@H]3CCC4=CC(=O)CC[C@@]4(C)[C@@H]3CC[C@@]21C. The number of carbonyl (C=O) groups is 2. The minimum atomic E-state index is -0.756. The van der Waals surface area contributed by atoms with E-state index in [1.807, 2.05) is 6.08 Å². The molecular formula is C23H34O4. The topological polar surface area (TPSA) is 63.6 Å². The van der Waals surface area contributed by atoms with Crippen molar-refractivity contribution in [3.05, 3.63) is 11.6 Å². The normalized spacial score (nSPS) is 47.4. The molecule has 0 aromatic heterocycles. The van der Waals surface area contributed by atoms with Gasteiger partial charge in [0.25, 0.3) is 0 Å². The van der Waals surface area contributed by atoms with Gasteiger partial charge in [0.05, 0.1) is 6.10 Å². The molecule has 0 spiro atoms. The van der Waals surface area contributed by atoms with Gasteiger partial charge in [0.1, 0.15) is 5.60 Å². The van der Waals surface area contributed by atoms with Crippen LogP contribution >= 0.6 is 0 Å². The van der Waals surface area contributed by atoms with Gasteiger partial charge in [-0.1, -0.05) is 19.4 Å². The summed E-state index contributed by atoms with van der Waals surface area (Å²) in [7, 11) is 0. The number of ether oxygens (including phenoxy) is 1. The van der Waals surface area contributed by atoms with Crippen LogP contribution in [0.3, 0.4) is 0 Å². The van der Waals surface area contributed by atoms with Crippen LogP contribution in [0.15, 0.2) is 11.6 Å². The number of fused-ring (bicyclic) bond motifs is 5. The fraction of sp³-hybridized carbons (Fsp3) is 0.826. The van der Waals surface area contributed by atoms with Crippen molar-refractivity contribution in [1.82, 2.24) is 0 Å². The minimum Gasteiger partial charge on any atom is -0.456 e. The number of hydrogen-bond acceptors (Lipinski definition) is 4. The summed E-state index contributed by atoms with van der Waals surface area (Å²) in [5.41, 5.74) is 0.600. The molecule has 27 heavy (non-hydrogen) atoms. The third-order valence-electron chi connectivity index (χ3n) is 9.15. The molecule has 4 heteroatoms. The maximum Gasteiger partial charge on any atom is 0.303 e. The molecule has 4 aliphatic carbocycles. The summed E-state index contributed by atoms with van der Waals surface area (Å²) in [6.45, 7) is 7.89. The van der Waals surface area contributed by atoms with Crippen LogP contribution in [-0.2, 0) is 14.3 Å². The summed E-state index contributed by atoms with van der Waals surface area (Å²) < 4.78 is 5.91. The Hall–Kier alpha value is -1.16. The first-order valence-electron chi connectivity index (χ1n) is 10.8. The number of allylic oxidation sites excluding steroid dienone is 1. The van der Waals surface area contributed by atoms with Gasteiger partial charge in [-0.15, -0.1) is 0 Å². The average molecular weight is 375 g/mol. The molecule has 0 heterocycles. The largest absolute Gasteiger partial charge is 0.456 e. The Morgan fingerprint density at radius 1 is 1.15 bits per heavy atom. The first-order chi connectivity index (χ1) is 12.6. The fourth-order valence-corrected chi connectivity index (χ4v) is 7.79. The summed E-state index contributed by atoms with van der Waals surface area (Å²) in [6, 6.07) is 0. The highest BCUT2D eigenvalue weighted by atomic mass is 16.6. The molecule has 3 saturated carbocycles. The smallest absolute Gasteiger partial charge is 0.303 e. The van der Waals surface area contributed by atoms with E-state index in [0.29, 0.717) is 30.0 Å². The molecule has 1 N–H and O–H groups in total. The molecule has 0 radical (unpaired) electrons. The molecule has 0 aromatic rings. The van der Waals surface area contributed by atoms with E-state index >= 15 is 0 Å². The highest BCUT2D eigenvalue weighted by Crippen LogP contribution is 2.68. The lowest BCUT2D eigenvalue weighted by atomic mass is 9.46. The molecule has 0 aliphatic heterocycles. The van der Waals surface area contributed by atoms with Gasteiger partial charge < -0.3 is 9.84 Å². The molecule has 0 amide bonds. The maximum atomic E-state index is 12.0. The van der Waals surface area contributed by atoms with Crippen LogP contribution in [0.1, 0.15) is 79.1 Å².